The van der Waals surface area contributed by atoms with E-state index in [0.717, 1.165) is 34.1 Å². The number of sulfonamides is 1. The lowest BCUT2D eigenvalue weighted by Crippen LogP contribution is -2.27. The van der Waals surface area contributed by atoms with Crippen molar-refractivity contribution in [3.8, 4) is 0 Å². The Morgan fingerprint density at radius 2 is 2.03 bits per heavy atom. The van der Waals surface area contributed by atoms with Crippen molar-refractivity contribution in [2.45, 2.75) is 31.0 Å². The Kier molecular flexibility index (Phi) is 6.43. The molecule has 0 fully saturated rings. The Morgan fingerprint density at radius 1 is 1.29 bits per heavy atom. The lowest BCUT2D eigenvalue weighted by molar-refractivity contribution is -0.144. The third kappa shape index (κ3) is 5.65. The van der Waals surface area contributed by atoms with Gasteiger partial charge in [-0.15, -0.1) is 0 Å². The highest BCUT2D eigenvalue weighted by Gasteiger charge is 2.31. The van der Waals surface area contributed by atoms with Gasteiger partial charge in [0.25, 0.3) is 5.56 Å². The Bertz CT molecular complexity index is 1280. The second-order valence-electron chi connectivity index (χ2n) is 6.26. The molecular weight excluding hydrogens is 461 g/mol. The number of esters is 1. The van der Waals surface area contributed by atoms with E-state index in [1.54, 1.807) is 6.92 Å². The first-order chi connectivity index (χ1) is 14.5. The topological polar surface area (TPSA) is 120 Å². The largest absolute Gasteiger partial charge is 0.458 e. The van der Waals surface area contributed by atoms with Gasteiger partial charge in [-0.05, 0) is 25.1 Å². The summed E-state index contributed by atoms with van der Waals surface area (Å²) in [4.78, 5) is 27.6. The number of aromatic nitrogens is 3. The number of fused-ring (bicyclic) bond motifs is 1. The van der Waals surface area contributed by atoms with Gasteiger partial charge in [0.05, 0.1) is 16.9 Å². The van der Waals surface area contributed by atoms with Gasteiger partial charge in [0.2, 0.25) is 15.0 Å². The van der Waals surface area contributed by atoms with Crippen molar-refractivity contribution in [2.75, 3.05) is 6.54 Å². The van der Waals surface area contributed by atoms with Crippen LogP contribution >= 0.6 is 11.3 Å². The van der Waals surface area contributed by atoms with Crippen molar-refractivity contribution >= 4 is 32.3 Å². The molecule has 166 valence electrons. The number of nitrogens with one attached hydrogen (secondary N) is 1. The normalized spacial score (nSPS) is 12.3. The molecule has 0 radical (unpaired) electrons. The van der Waals surface area contributed by atoms with Crippen molar-refractivity contribution < 1.29 is 31.1 Å². The molecule has 3 rings (SSSR count). The van der Waals surface area contributed by atoms with Crippen LogP contribution in [0.1, 0.15) is 22.7 Å². The van der Waals surface area contributed by atoms with Gasteiger partial charge in [-0.3, -0.25) is 9.59 Å². The third-order valence-electron chi connectivity index (χ3n) is 3.86. The van der Waals surface area contributed by atoms with E-state index in [1.165, 1.54) is 6.07 Å². The maximum Gasteiger partial charge on any atom is 0.416 e. The summed E-state index contributed by atoms with van der Waals surface area (Å²) in [6.07, 6.45) is -5.05. The number of benzene rings is 1. The zero-order valence-electron chi connectivity index (χ0n) is 15.8. The second kappa shape index (κ2) is 8.72. The maximum atomic E-state index is 12.7. The van der Waals surface area contributed by atoms with Crippen LogP contribution in [0.3, 0.4) is 0 Å². The minimum atomic E-state index is -4.69. The van der Waals surface area contributed by atoms with Gasteiger partial charge in [-0.2, -0.15) is 22.8 Å². The van der Waals surface area contributed by atoms with Crippen LogP contribution < -0.4 is 10.3 Å². The average molecular weight is 476 g/mol. The van der Waals surface area contributed by atoms with Crippen molar-refractivity contribution in [1.82, 2.24) is 19.3 Å². The molecular formula is C17H15F3N4O5S2. The molecule has 0 amide bonds. The Labute approximate surface area is 177 Å². The highest BCUT2D eigenvalue weighted by Crippen LogP contribution is 2.30. The molecule has 14 heteroatoms. The number of carbonyl (C=O) groups excluding carboxylic acids is 1. The number of ether oxygens (including phenoxy) is 1. The van der Waals surface area contributed by atoms with Crippen molar-refractivity contribution in [3.05, 3.63) is 57.0 Å². The Balaban J connectivity index is 1.54. The van der Waals surface area contributed by atoms with Gasteiger partial charge in [0.15, 0.2) is 5.01 Å². The minimum absolute atomic E-state index is 0.244. The second-order valence-corrected chi connectivity index (χ2v) is 9.07. The fourth-order valence-corrected chi connectivity index (χ4v) is 4.38. The van der Waals surface area contributed by atoms with Crippen molar-refractivity contribution in [2.24, 2.45) is 0 Å². The SMILES string of the molecule is Cc1cc(=O)n2nc(COC(=O)CCNS(=O)(=O)c3cccc(C(F)(F)F)c3)sc2n1. The van der Waals surface area contributed by atoms with E-state index in [4.69, 9.17) is 4.74 Å². The molecule has 0 aliphatic rings. The number of hydrogen-bond donors (Lipinski definition) is 1. The highest BCUT2D eigenvalue weighted by molar-refractivity contribution is 7.89. The fraction of sp³-hybridized carbons (Fsp3) is 0.294. The monoisotopic (exact) mass is 476 g/mol. The van der Waals surface area contributed by atoms with E-state index in [-0.39, 0.29) is 25.1 Å². The Hall–Kier alpha value is -2.84. The van der Waals surface area contributed by atoms with E-state index >= 15 is 0 Å². The summed E-state index contributed by atoms with van der Waals surface area (Å²) in [6.45, 7) is 1.03. The number of nitrogens with zero attached hydrogens (tertiary/aromatic N) is 3. The summed E-state index contributed by atoms with van der Waals surface area (Å²) in [5.74, 6) is -0.762. The molecule has 0 aliphatic carbocycles. The predicted octanol–water partition coefficient (Wildman–Crippen LogP) is 1.89. The van der Waals surface area contributed by atoms with Gasteiger partial charge in [-0.1, -0.05) is 17.4 Å². The lowest BCUT2D eigenvalue weighted by Gasteiger charge is -2.10. The number of hydrogen-bond acceptors (Lipinski definition) is 8. The van der Waals surface area contributed by atoms with Crippen LogP contribution in [0.2, 0.25) is 0 Å². The van der Waals surface area contributed by atoms with Crippen molar-refractivity contribution in [3.63, 3.8) is 0 Å². The van der Waals surface area contributed by atoms with Gasteiger partial charge < -0.3 is 4.74 Å². The predicted molar refractivity (Wildman–Crippen MR) is 103 cm³/mol. The minimum Gasteiger partial charge on any atom is -0.458 e. The lowest BCUT2D eigenvalue weighted by atomic mass is 10.2. The molecule has 0 saturated carbocycles. The smallest absolute Gasteiger partial charge is 0.416 e. The molecule has 0 bridgehead atoms. The first-order valence-corrected chi connectivity index (χ1v) is 10.9. The van der Waals surface area contributed by atoms with Crippen LogP contribution in [0, 0.1) is 6.92 Å². The molecule has 1 aromatic carbocycles. The molecule has 0 unspecified atom stereocenters. The molecule has 0 spiro atoms. The van der Waals surface area contributed by atoms with E-state index in [9.17, 15) is 31.2 Å². The summed E-state index contributed by atoms with van der Waals surface area (Å²) in [5, 5.41) is 4.31. The van der Waals surface area contributed by atoms with Gasteiger partial charge in [0, 0.05) is 18.3 Å². The first-order valence-electron chi connectivity index (χ1n) is 8.65. The number of carbonyl (C=O) groups is 1. The molecule has 2 heterocycles. The highest BCUT2D eigenvalue weighted by atomic mass is 32.2. The molecule has 0 atom stereocenters. The summed E-state index contributed by atoms with van der Waals surface area (Å²) in [5.41, 5.74) is -0.958. The van der Waals surface area contributed by atoms with Crippen LogP contribution in [0.5, 0.6) is 0 Å². The number of halogens is 3. The fourth-order valence-electron chi connectivity index (χ4n) is 2.44. The van der Waals surface area contributed by atoms with E-state index < -0.39 is 32.6 Å². The van der Waals surface area contributed by atoms with Crippen LogP contribution in [0.15, 0.2) is 40.0 Å². The number of aryl methyl sites for hydroxylation is 1. The van der Waals surface area contributed by atoms with E-state index in [1.807, 2.05) is 0 Å². The zero-order valence-corrected chi connectivity index (χ0v) is 17.5. The quantitative estimate of drug-likeness (QED) is 0.517. The van der Waals surface area contributed by atoms with Crippen LogP contribution in [-0.4, -0.2) is 35.5 Å². The van der Waals surface area contributed by atoms with Crippen LogP contribution in [0.25, 0.3) is 4.96 Å². The summed E-state index contributed by atoms with van der Waals surface area (Å²) in [7, 11) is -4.25. The van der Waals surface area contributed by atoms with E-state index in [0.29, 0.717) is 21.7 Å². The van der Waals surface area contributed by atoms with Crippen LogP contribution in [0.4, 0.5) is 13.2 Å². The molecule has 31 heavy (non-hydrogen) atoms. The first kappa shape index (κ1) is 22.8. The van der Waals surface area contributed by atoms with Crippen molar-refractivity contribution in [1.29, 1.82) is 0 Å². The summed E-state index contributed by atoms with van der Waals surface area (Å²) < 4.78 is 70.7. The maximum absolute atomic E-state index is 12.7. The number of alkyl halides is 3. The molecule has 0 aliphatic heterocycles. The standard InChI is InChI=1S/C17H15F3N4O5S2/c1-10-7-14(25)24-16(22-10)30-13(23-24)9-29-15(26)5-6-21-31(27,28)12-4-2-3-11(8-12)17(18,19)20/h2-4,7-8,21H,5-6,9H2,1H3. The molecule has 0 saturated heterocycles. The summed E-state index contributed by atoms with van der Waals surface area (Å²) in [6, 6.07) is 4.56. The zero-order chi connectivity index (χ0) is 22.8. The molecule has 9 nitrogen and oxygen atoms in total. The van der Waals surface area contributed by atoms with Gasteiger partial charge >= 0.3 is 12.1 Å². The third-order valence-corrected chi connectivity index (χ3v) is 6.21. The molecule has 2 aromatic heterocycles. The average Bonchev–Trinajstić information content (AvgIpc) is 3.09. The van der Waals surface area contributed by atoms with Crippen LogP contribution in [-0.2, 0) is 32.3 Å². The van der Waals surface area contributed by atoms with Gasteiger partial charge in [0.1, 0.15) is 6.61 Å². The number of rotatable bonds is 7. The summed E-state index contributed by atoms with van der Waals surface area (Å²) >= 11 is 1.06. The molecule has 3 aromatic rings. The van der Waals surface area contributed by atoms with Gasteiger partial charge in [-0.25, -0.2) is 18.1 Å². The Morgan fingerprint density at radius 3 is 2.74 bits per heavy atom. The molecule has 1 N–H and O–H groups in total. The van der Waals surface area contributed by atoms with E-state index in [2.05, 4.69) is 14.8 Å².